The molecule has 0 atom stereocenters. The number of amides is 2. The number of hydrogen-bond acceptors (Lipinski definition) is 2. The van der Waals surface area contributed by atoms with Crippen LogP contribution in [0.4, 0.5) is 5.69 Å². The fraction of sp³-hybridized carbons (Fsp3) is 0.364. The highest BCUT2D eigenvalue weighted by atomic mass is 16.2. The van der Waals surface area contributed by atoms with Gasteiger partial charge in [0, 0.05) is 29.9 Å². The van der Waals surface area contributed by atoms with E-state index < -0.39 is 0 Å². The van der Waals surface area contributed by atoms with Crippen molar-refractivity contribution in [2.24, 2.45) is 0 Å². The molecule has 0 aliphatic rings. The molecule has 4 heteroatoms. The highest BCUT2D eigenvalue weighted by molar-refractivity contribution is 6.05. The number of anilines is 1. The Morgan fingerprint density at radius 1 is 0.808 bits per heavy atom. The fourth-order valence-electron chi connectivity index (χ4n) is 2.83. The van der Waals surface area contributed by atoms with Gasteiger partial charge in [-0.25, -0.2) is 0 Å². The van der Waals surface area contributed by atoms with E-state index in [0.717, 1.165) is 38.0 Å². The van der Waals surface area contributed by atoms with Crippen LogP contribution in [0.15, 0.2) is 48.5 Å². The fourth-order valence-corrected chi connectivity index (χ4v) is 2.83. The first-order valence-electron chi connectivity index (χ1n) is 9.38. The normalized spacial score (nSPS) is 10.4. The van der Waals surface area contributed by atoms with E-state index in [0.29, 0.717) is 11.1 Å². The molecule has 2 rings (SSSR count). The summed E-state index contributed by atoms with van der Waals surface area (Å²) in [5.74, 6) is -0.150. The Morgan fingerprint density at radius 3 is 1.85 bits per heavy atom. The van der Waals surface area contributed by atoms with Gasteiger partial charge >= 0.3 is 0 Å². The van der Waals surface area contributed by atoms with Crippen LogP contribution in [0, 0.1) is 0 Å². The molecule has 0 bridgehead atoms. The van der Waals surface area contributed by atoms with Crippen molar-refractivity contribution in [3.05, 3.63) is 65.2 Å². The minimum absolute atomic E-state index is 0.0239. The van der Waals surface area contributed by atoms with Gasteiger partial charge in [-0.15, -0.1) is 0 Å². The number of nitrogens with one attached hydrogen (secondary N) is 1. The highest BCUT2D eigenvalue weighted by Gasteiger charge is 2.15. The summed E-state index contributed by atoms with van der Waals surface area (Å²) in [6.45, 7) is 7.73. The van der Waals surface area contributed by atoms with Crippen molar-refractivity contribution in [1.82, 2.24) is 4.90 Å². The predicted molar refractivity (Wildman–Crippen MR) is 107 cm³/mol. The summed E-state index contributed by atoms with van der Waals surface area (Å²) in [6.07, 6.45) is 2.84. The second-order valence-corrected chi connectivity index (χ2v) is 6.37. The number of carbonyl (C=O) groups excluding carboxylic acids is 2. The van der Waals surface area contributed by atoms with Gasteiger partial charge in [0.2, 0.25) is 0 Å². The lowest BCUT2D eigenvalue weighted by Crippen LogP contribution is -2.32. The molecule has 0 aromatic heterocycles. The molecule has 0 saturated heterocycles. The third kappa shape index (κ3) is 5.19. The monoisotopic (exact) mass is 352 g/mol. The Bertz CT molecular complexity index is 715. The lowest BCUT2D eigenvalue weighted by atomic mass is 10.1. The predicted octanol–water partition coefficient (Wildman–Crippen LogP) is 4.76. The minimum Gasteiger partial charge on any atom is -0.339 e. The van der Waals surface area contributed by atoms with Crippen LogP contribution >= 0.6 is 0 Å². The molecule has 138 valence electrons. The summed E-state index contributed by atoms with van der Waals surface area (Å²) < 4.78 is 0. The Kier molecular flexibility index (Phi) is 7.39. The van der Waals surface area contributed by atoms with Crippen LogP contribution < -0.4 is 5.32 Å². The first-order chi connectivity index (χ1) is 12.6. The van der Waals surface area contributed by atoms with Gasteiger partial charge in [0.25, 0.3) is 11.8 Å². The second kappa shape index (κ2) is 9.76. The first kappa shape index (κ1) is 19.7. The van der Waals surface area contributed by atoms with Crippen LogP contribution in [0.2, 0.25) is 0 Å². The molecule has 4 nitrogen and oxygen atoms in total. The van der Waals surface area contributed by atoms with Gasteiger partial charge in [-0.3, -0.25) is 9.59 Å². The number of hydrogen-bond donors (Lipinski definition) is 1. The molecular formula is C22H28N2O2. The molecule has 1 N–H and O–H groups in total. The van der Waals surface area contributed by atoms with Gasteiger partial charge in [-0.05, 0) is 61.2 Å². The van der Waals surface area contributed by atoms with Gasteiger partial charge in [0.15, 0.2) is 0 Å². The van der Waals surface area contributed by atoms with Crippen LogP contribution in [-0.2, 0) is 6.42 Å². The molecule has 26 heavy (non-hydrogen) atoms. The number of nitrogens with zero attached hydrogens (tertiary/aromatic N) is 1. The van der Waals surface area contributed by atoms with E-state index in [1.807, 2.05) is 29.2 Å². The Balaban J connectivity index is 2.05. The van der Waals surface area contributed by atoms with Crippen molar-refractivity contribution in [1.29, 1.82) is 0 Å². The van der Waals surface area contributed by atoms with Gasteiger partial charge in [0.1, 0.15) is 0 Å². The van der Waals surface area contributed by atoms with Crippen LogP contribution in [-0.4, -0.2) is 29.8 Å². The summed E-state index contributed by atoms with van der Waals surface area (Å²) in [7, 11) is 0. The van der Waals surface area contributed by atoms with E-state index in [-0.39, 0.29) is 11.8 Å². The topological polar surface area (TPSA) is 49.4 Å². The molecular weight excluding hydrogens is 324 g/mol. The standard InChI is InChI=1S/C22H28N2O2/c1-4-15-24(16-5-2)22(26)19-11-9-18(10-12-19)21(25)23-20-13-7-17(6-3)8-14-20/h7-14H,4-6,15-16H2,1-3H3,(H,23,25). The van der Waals surface area contributed by atoms with Crippen molar-refractivity contribution in [3.63, 3.8) is 0 Å². The van der Waals surface area contributed by atoms with Gasteiger partial charge in [0.05, 0.1) is 0 Å². The quantitative estimate of drug-likeness (QED) is 0.744. The average molecular weight is 352 g/mol. The van der Waals surface area contributed by atoms with E-state index in [1.54, 1.807) is 24.3 Å². The summed E-state index contributed by atoms with van der Waals surface area (Å²) in [5, 5.41) is 2.89. The molecule has 0 unspecified atom stereocenters. The van der Waals surface area contributed by atoms with Crippen molar-refractivity contribution in [2.75, 3.05) is 18.4 Å². The zero-order chi connectivity index (χ0) is 18.9. The Morgan fingerprint density at radius 2 is 1.35 bits per heavy atom. The Labute approximate surface area is 156 Å². The maximum absolute atomic E-state index is 12.6. The molecule has 0 radical (unpaired) electrons. The molecule has 0 fully saturated rings. The molecule has 2 amide bonds. The largest absolute Gasteiger partial charge is 0.339 e. The lowest BCUT2D eigenvalue weighted by molar-refractivity contribution is 0.0755. The second-order valence-electron chi connectivity index (χ2n) is 6.37. The third-order valence-corrected chi connectivity index (χ3v) is 4.29. The molecule has 0 spiro atoms. The number of carbonyl (C=O) groups is 2. The molecule has 2 aromatic carbocycles. The van der Waals surface area contributed by atoms with E-state index >= 15 is 0 Å². The zero-order valence-corrected chi connectivity index (χ0v) is 15.9. The molecule has 0 aliphatic carbocycles. The van der Waals surface area contributed by atoms with Gasteiger partial charge < -0.3 is 10.2 Å². The average Bonchev–Trinajstić information content (AvgIpc) is 2.68. The Hall–Kier alpha value is -2.62. The first-order valence-corrected chi connectivity index (χ1v) is 9.38. The van der Waals surface area contributed by atoms with Crippen molar-refractivity contribution in [3.8, 4) is 0 Å². The minimum atomic E-state index is -0.174. The summed E-state index contributed by atoms with van der Waals surface area (Å²) >= 11 is 0. The van der Waals surface area contributed by atoms with Crippen LogP contribution in [0.5, 0.6) is 0 Å². The molecule has 2 aromatic rings. The number of benzene rings is 2. The zero-order valence-electron chi connectivity index (χ0n) is 15.9. The molecule has 0 saturated carbocycles. The summed E-state index contributed by atoms with van der Waals surface area (Å²) in [6, 6.07) is 14.7. The van der Waals surface area contributed by atoms with Crippen molar-refractivity contribution < 1.29 is 9.59 Å². The van der Waals surface area contributed by atoms with E-state index in [9.17, 15) is 9.59 Å². The highest BCUT2D eigenvalue weighted by Crippen LogP contribution is 2.13. The SMILES string of the molecule is CCCN(CCC)C(=O)c1ccc(C(=O)Nc2ccc(CC)cc2)cc1. The van der Waals surface area contributed by atoms with E-state index in [1.165, 1.54) is 5.56 Å². The maximum Gasteiger partial charge on any atom is 0.255 e. The van der Waals surface area contributed by atoms with Crippen LogP contribution in [0.3, 0.4) is 0 Å². The third-order valence-electron chi connectivity index (χ3n) is 4.29. The van der Waals surface area contributed by atoms with Gasteiger partial charge in [-0.2, -0.15) is 0 Å². The number of aryl methyl sites for hydroxylation is 1. The lowest BCUT2D eigenvalue weighted by Gasteiger charge is -2.21. The smallest absolute Gasteiger partial charge is 0.255 e. The van der Waals surface area contributed by atoms with E-state index in [4.69, 9.17) is 0 Å². The molecule has 0 heterocycles. The molecule has 0 aliphatic heterocycles. The maximum atomic E-state index is 12.6. The summed E-state index contributed by atoms with van der Waals surface area (Å²) in [4.78, 5) is 26.8. The van der Waals surface area contributed by atoms with Crippen molar-refractivity contribution >= 4 is 17.5 Å². The van der Waals surface area contributed by atoms with Crippen LogP contribution in [0.25, 0.3) is 0 Å². The van der Waals surface area contributed by atoms with Gasteiger partial charge in [-0.1, -0.05) is 32.9 Å². The van der Waals surface area contributed by atoms with E-state index in [2.05, 4.69) is 26.1 Å². The number of rotatable bonds is 8. The summed E-state index contributed by atoms with van der Waals surface area (Å²) in [5.41, 5.74) is 3.16. The van der Waals surface area contributed by atoms with Crippen LogP contribution in [0.1, 0.15) is 59.9 Å². The van der Waals surface area contributed by atoms with Crippen molar-refractivity contribution in [2.45, 2.75) is 40.0 Å².